The van der Waals surface area contributed by atoms with Crippen LogP contribution >= 0.6 is 0 Å². The molecule has 0 bridgehead atoms. The van der Waals surface area contributed by atoms with Crippen LogP contribution in [0.1, 0.15) is 49.6 Å². The molecule has 0 saturated heterocycles. The van der Waals surface area contributed by atoms with Gasteiger partial charge in [0.2, 0.25) is 0 Å². The second-order valence-corrected chi connectivity index (χ2v) is 5.52. The van der Waals surface area contributed by atoms with Crippen LogP contribution < -0.4 is 11.1 Å². The molecule has 1 aromatic heterocycles. The Morgan fingerprint density at radius 3 is 2.95 bits per heavy atom. The SMILES string of the molecule is CC(C)n1cc(N)cc1C(=O)NCC1CC=CCC1. The van der Waals surface area contributed by atoms with Crippen molar-refractivity contribution >= 4 is 11.6 Å². The molecule has 1 aliphatic rings. The van der Waals surface area contributed by atoms with Gasteiger partial charge in [-0.15, -0.1) is 0 Å². The summed E-state index contributed by atoms with van der Waals surface area (Å²) in [5.41, 5.74) is 7.07. The molecule has 4 heteroatoms. The number of aromatic nitrogens is 1. The summed E-state index contributed by atoms with van der Waals surface area (Å²) in [7, 11) is 0. The number of rotatable bonds is 4. The fraction of sp³-hybridized carbons (Fsp3) is 0.533. The van der Waals surface area contributed by atoms with Gasteiger partial charge in [-0.05, 0) is 45.1 Å². The van der Waals surface area contributed by atoms with E-state index in [4.69, 9.17) is 5.73 Å². The second kappa shape index (κ2) is 5.95. The molecule has 0 aliphatic heterocycles. The first-order valence-corrected chi connectivity index (χ1v) is 6.98. The van der Waals surface area contributed by atoms with Gasteiger partial charge in [0.15, 0.2) is 0 Å². The lowest BCUT2D eigenvalue weighted by Gasteiger charge is -2.19. The van der Waals surface area contributed by atoms with E-state index in [2.05, 4.69) is 17.5 Å². The summed E-state index contributed by atoms with van der Waals surface area (Å²) in [6.45, 7) is 4.83. The van der Waals surface area contributed by atoms with E-state index in [1.165, 1.54) is 0 Å². The fourth-order valence-electron chi connectivity index (χ4n) is 2.48. The van der Waals surface area contributed by atoms with Crippen molar-refractivity contribution < 1.29 is 4.79 Å². The zero-order valence-corrected chi connectivity index (χ0v) is 11.7. The number of nitrogens with one attached hydrogen (secondary N) is 1. The van der Waals surface area contributed by atoms with Crippen molar-refractivity contribution in [3.8, 4) is 0 Å². The van der Waals surface area contributed by atoms with E-state index in [0.717, 1.165) is 25.8 Å². The summed E-state index contributed by atoms with van der Waals surface area (Å²) in [6, 6.07) is 1.98. The van der Waals surface area contributed by atoms with E-state index in [9.17, 15) is 4.79 Å². The Balaban J connectivity index is 1.97. The van der Waals surface area contributed by atoms with Gasteiger partial charge in [-0.2, -0.15) is 0 Å². The topological polar surface area (TPSA) is 60.0 Å². The summed E-state index contributed by atoms with van der Waals surface area (Å²) < 4.78 is 1.92. The molecule has 4 nitrogen and oxygen atoms in total. The highest BCUT2D eigenvalue weighted by atomic mass is 16.1. The molecule has 0 aromatic carbocycles. The molecule has 1 unspecified atom stereocenters. The molecule has 1 atom stereocenters. The van der Waals surface area contributed by atoms with Gasteiger partial charge in [0.1, 0.15) is 5.69 Å². The fourth-order valence-corrected chi connectivity index (χ4v) is 2.48. The third-order valence-electron chi connectivity index (χ3n) is 3.59. The summed E-state index contributed by atoms with van der Waals surface area (Å²) >= 11 is 0. The van der Waals surface area contributed by atoms with Crippen molar-refractivity contribution in [2.75, 3.05) is 12.3 Å². The van der Waals surface area contributed by atoms with Gasteiger partial charge < -0.3 is 15.6 Å². The van der Waals surface area contributed by atoms with Crippen LogP contribution in [-0.2, 0) is 0 Å². The van der Waals surface area contributed by atoms with Gasteiger partial charge in [-0.1, -0.05) is 12.2 Å². The maximum Gasteiger partial charge on any atom is 0.268 e. The second-order valence-electron chi connectivity index (χ2n) is 5.52. The zero-order valence-electron chi connectivity index (χ0n) is 11.7. The van der Waals surface area contributed by atoms with Crippen molar-refractivity contribution in [1.29, 1.82) is 0 Å². The summed E-state index contributed by atoms with van der Waals surface area (Å²) in [5, 5.41) is 3.03. The molecule has 0 spiro atoms. The Labute approximate surface area is 114 Å². The van der Waals surface area contributed by atoms with Crippen molar-refractivity contribution in [1.82, 2.24) is 9.88 Å². The standard InChI is InChI=1S/C15H23N3O/c1-11(2)18-10-13(16)8-14(18)15(19)17-9-12-6-4-3-5-7-12/h3-4,8,10-12H,5-7,9,16H2,1-2H3,(H,17,19). The number of carbonyl (C=O) groups excluding carboxylic acids is 1. The Morgan fingerprint density at radius 2 is 2.32 bits per heavy atom. The summed E-state index contributed by atoms with van der Waals surface area (Å²) in [5.74, 6) is 0.536. The van der Waals surface area contributed by atoms with Crippen LogP contribution in [0, 0.1) is 5.92 Å². The lowest BCUT2D eigenvalue weighted by Crippen LogP contribution is -2.31. The highest BCUT2D eigenvalue weighted by Crippen LogP contribution is 2.19. The minimum atomic E-state index is -0.0278. The number of hydrogen-bond donors (Lipinski definition) is 2. The molecule has 3 N–H and O–H groups in total. The number of nitrogen functional groups attached to an aromatic ring is 1. The number of allylic oxidation sites excluding steroid dienone is 2. The van der Waals surface area contributed by atoms with Crippen molar-refractivity contribution in [3.63, 3.8) is 0 Å². The maximum atomic E-state index is 12.2. The molecule has 2 rings (SSSR count). The zero-order chi connectivity index (χ0) is 13.8. The van der Waals surface area contributed by atoms with Crippen molar-refractivity contribution in [2.45, 2.75) is 39.2 Å². The molecule has 1 amide bonds. The van der Waals surface area contributed by atoms with Crippen LogP contribution in [0.4, 0.5) is 5.69 Å². The molecular weight excluding hydrogens is 238 g/mol. The molecule has 104 valence electrons. The maximum absolute atomic E-state index is 12.2. The molecule has 0 radical (unpaired) electrons. The summed E-state index contributed by atoms with van der Waals surface area (Å²) in [6.07, 6.45) is 9.58. The molecule has 1 heterocycles. The molecule has 1 aromatic rings. The number of hydrogen-bond acceptors (Lipinski definition) is 2. The number of anilines is 1. The van der Waals surface area contributed by atoms with Crippen LogP contribution in [0.3, 0.4) is 0 Å². The van der Waals surface area contributed by atoms with Crippen LogP contribution in [0.5, 0.6) is 0 Å². The van der Waals surface area contributed by atoms with Gasteiger partial charge in [0.25, 0.3) is 5.91 Å². The van der Waals surface area contributed by atoms with Crippen molar-refractivity contribution in [3.05, 3.63) is 30.1 Å². The minimum Gasteiger partial charge on any atom is -0.397 e. The van der Waals surface area contributed by atoms with E-state index >= 15 is 0 Å². The van der Waals surface area contributed by atoms with Crippen LogP contribution in [0.15, 0.2) is 24.4 Å². The van der Waals surface area contributed by atoms with Gasteiger partial charge in [0, 0.05) is 18.8 Å². The van der Waals surface area contributed by atoms with Crippen LogP contribution in [-0.4, -0.2) is 17.0 Å². The Morgan fingerprint density at radius 1 is 1.53 bits per heavy atom. The van der Waals surface area contributed by atoms with E-state index in [0.29, 0.717) is 17.3 Å². The Hall–Kier alpha value is -1.71. The van der Waals surface area contributed by atoms with Crippen LogP contribution in [0.25, 0.3) is 0 Å². The number of nitrogens with zero attached hydrogens (tertiary/aromatic N) is 1. The predicted octanol–water partition coefficient (Wildman–Crippen LogP) is 2.74. The first kappa shape index (κ1) is 13.7. The van der Waals surface area contributed by atoms with Crippen molar-refractivity contribution in [2.24, 2.45) is 5.92 Å². The van der Waals surface area contributed by atoms with Gasteiger partial charge in [-0.3, -0.25) is 4.79 Å². The summed E-state index contributed by atoms with van der Waals surface area (Å²) in [4.78, 5) is 12.2. The highest BCUT2D eigenvalue weighted by Gasteiger charge is 2.16. The Bertz CT molecular complexity index is 474. The third-order valence-corrected chi connectivity index (χ3v) is 3.59. The first-order valence-electron chi connectivity index (χ1n) is 6.98. The van der Waals surface area contributed by atoms with E-state index in [1.54, 1.807) is 6.07 Å². The predicted molar refractivity (Wildman–Crippen MR) is 78.0 cm³/mol. The Kier molecular flexibility index (Phi) is 4.30. The van der Waals surface area contributed by atoms with Gasteiger partial charge in [0.05, 0.1) is 5.69 Å². The smallest absolute Gasteiger partial charge is 0.268 e. The largest absolute Gasteiger partial charge is 0.397 e. The van der Waals surface area contributed by atoms with E-state index in [-0.39, 0.29) is 11.9 Å². The molecule has 19 heavy (non-hydrogen) atoms. The number of carbonyl (C=O) groups is 1. The number of nitrogens with two attached hydrogens (primary N) is 1. The molecule has 1 aliphatic carbocycles. The number of amides is 1. The van der Waals surface area contributed by atoms with Crippen LogP contribution in [0.2, 0.25) is 0 Å². The third kappa shape index (κ3) is 3.40. The lowest BCUT2D eigenvalue weighted by atomic mass is 9.94. The normalized spacial score (nSPS) is 18.8. The first-order chi connectivity index (χ1) is 9.08. The monoisotopic (exact) mass is 261 g/mol. The average Bonchev–Trinajstić information content (AvgIpc) is 2.79. The molecule has 0 saturated carbocycles. The minimum absolute atomic E-state index is 0.0278. The van der Waals surface area contributed by atoms with Gasteiger partial charge >= 0.3 is 0 Å². The van der Waals surface area contributed by atoms with E-state index in [1.807, 2.05) is 24.6 Å². The molecular formula is C15H23N3O. The van der Waals surface area contributed by atoms with E-state index < -0.39 is 0 Å². The highest BCUT2D eigenvalue weighted by molar-refractivity contribution is 5.93. The molecule has 0 fully saturated rings. The van der Waals surface area contributed by atoms with Gasteiger partial charge in [-0.25, -0.2) is 0 Å². The average molecular weight is 261 g/mol. The lowest BCUT2D eigenvalue weighted by molar-refractivity contribution is 0.0935. The quantitative estimate of drug-likeness (QED) is 0.819.